The van der Waals surface area contributed by atoms with Crippen LogP contribution in [0.1, 0.15) is 32.1 Å². The Balaban J connectivity index is 1.92. The highest BCUT2D eigenvalue weighted by Crippen LogP contribution is 2.27. The van der Waals surface area contributed by atoms with Crippen molar-refractivity contribution in [3.8, 4) is 0 Å². The molecular weight excluding hydrogens is 350 g/mol. The molecule has 1 atom stereocenters. The van der Waals surface area contributed by atoms with Crippen LogP contribution in [0.2, 0.25) is 0 Å². The van der Waals surface area contributed by atoms with E-state index in [1.807, 2.05) is 0 Å². The van der Waals surface area contributed by atoms with Crippen molar-refractivity contribution in [1.29, 1.82) is 0 Å². The van der Waals surface area contributed by atoms with Gasteiger partial charge in [-0.15, -0.1) is 0 Å². The van der Waals surface area contributed by atoms with Crippen LogP contribution in [0, 0.1) is 0 Å². The van der Waals surface area contributed by atoms with Crippen LogP contribution in [-0.4, -0.2) is 46.3 Å². The third-order valence-electron chi connectivity index (χ3n) is 4.47. The Morgan fingerprint density at radius 1 is 1.08 bits per heavy atom. The number of nitrogens with two attached hydrogens (primary N) is 1. The van der Waals surface area contributed by atoms with Crippen LogP contribution in [0.4, 0.5) is 0 Å². The van der Waals surface area contributed by atoms with E-state index in [2.05, 4.69) is 4.72 Å². The molecule has 1 aliphatic heterocycles. The van der Waals surface area contributed by atoms with Gasteiger partial charge >= 0.3 is 0 Å². The molecule has 0 bridgehead atoms. The second-order valence-corrected chi connectivity index (χ2v) is 9.98. The first-order valence-electron chi connectivity index (χ1n) is 8.19. The minimum Gasteiger partial charge on any atom is -0.329 e. The van der Waals surface area contributed by atoms with Gasteiger partial charge in [0.25, 0.3) is 0 Å². The lowest BCUT2D eigenvalue weighted by molar-refractivity contribution is 0.257. The molecule has 1 aromatic rings. The zero-order valence-corrected chi connectivity index (χ0v) is 15.0. The Morgan fingerprint density at radius 3 is 2.46 bits per heavy atom. The summed E-state index contributed by atoms with van der Waals surface area (Å²) in [7, 11) is -7.45. The minimum atomic E-state index is -3.76. The molecule has 9 heteroatoms. The average molecular weight is 374 g/mol. The van der Waals surface area contributed by atoms with E-state index in [-0.39, 0.29) is 28.4 Å². The monoisotopic (exact) mass is 373 g/mol. The molecule has 1 saturated heterocycles. The number of rotatable bonds is 6. The molecule has 1 heterocycles. The summed E-state index contributed by atoms with van der Waals surface area (Å²) >= 11 is 0. The van der Waals surface area contributed by atoms with Crippen molar-refractivity contribution in [2.24, 2.45) is 5.73 Å². The second-order valence-electron chi connectivity index (χ2n) is 6.37. The largest absolute Gasteiger partial charge is 0.329 e. The molecule has 2 aliphatic rings. The van der Waals surface area contributed by atoms with Gasteiger partial charge in [-0.05, 0) is 43.9 Å². The van der Waals surface area contributed by atoms with Gasteiger partial charge in [0.15, 0.2) is 0 Å². The van der Waals surface area contributed by atoms with Crippen LogP contribution in [0.3, 0.4) is 0 Å². The second kappa shape index (κ2) is 6.72. The molecule has 3 rings (SSSR count). The van der Waals surface area contributed by atoms with Gasteiger partial charge in [0.2, 0.25) is 20.0 Å². The predicted molar refractivity (Wildman–Crippen MR) is 90.4 cm³/mol. The van der Waals surface area contributed by atoms with Crippen molar-refractivity contribution in [2.45, 2.75) is 54.0 Å². The van der Waals surface area contributed by atoms with Crippen LogP contribution < -0.4 is 10.5 Å². The molecule has 0 radical (unpaired) electrons. The Hall–Kier alpha value is -1.00. The smallest absolute Gasteiger partial charge is 0.243 e. The van der Waals surface area contributed by atoms with Gasteiger partial charge in [-0.1, -0.05) is 12.5 Å². The molecule has 3 N–H and O–H groups in total. The van der Waals surface area contributed by atoms with Crippen LogP contribution in [-0.2, 0) is 20.0 Å². The summed E-state index contributed by atoms with van der Waals surface area (Å²) in [4.78, 5) is -0.0155. The summed E-state index contributed by atoms with van der Waals surface area (Å²) in [6.45, 7) is 0.682. The zero-order valence-electron chi connectivity index (χ0n) is 13.4. The third kappa shape index (κ3) is 3.65. The lowest BCUT2D eigenvalue weighted by atomic mass is 10.1. The normalized spacial score (nSPS) is 23.3. The number of nitrogens with zero attached hydrogens (tertiary/aromatic N) is 1. The summed E-state index contributed by atoms with van der Waals surface area (Å²) in [5, 5.41) is 0. The topological polar surface area (TPSA) is 110 Å². The Labute approximate surface area is 143 Å². The maximum Gasteiger partial charge on any atom is 0.243 e. The summed E-state index contributed by atoms with van der Waals surface area (Å²) in [5.41, 5.74) is 5.72. The number of sulfonamides is 2. The molecule has 0 spiro atoms. The molecule has 1 unspecified atom stereocenters. The molecule has 1 aliphatic carbocycles. The first kappa shape index (κ1) is 17.8. The van der Waals surface area contributed by atoms with E-state index in [0.717, 1.165) is 32.1 Å². The third-order valence-corrected chi connectivity index (χ3v) is 7.93. The molecular formula is C15H23N3O4S2. The lowest BCUT2D eigenvalue weighted by Crippen LogP contribution is -2.47. The minimum absolute atomic E-state index is 0.00141. The Bertz CT molecular complexity index is 804. The van der Waals surface area contributed by atoms with Gasteiger partial charge in [-0.25, -0.2) is 21.6 Å². The van der Waals surface area contributed by atoms with Crippen LogP contribution in [0.25, 0.3) is 0 Å². The molecule has 134 valence electrons. The molecule has 7 nitrogen and oxygen atoms in total. The number of benzene rings is 1. The van der Waals surface area contributed by atoms with Gasteiger partial charge in [-0.3, -0.25) is 0 Å². The van der Waals surface area contributed by atoms with Crippen molar-refractivity contribution < 1.29 is 16.8 Å². The van der Waals surface area contributed by atoms with Gasteiger partial charge < -0.3 is 5.73 Å². The van der Waals surface area contributed by atoms with Crippen LogP contribution in [0.5, 0.6) is 0 Å². The average Bonchev–Trinajstić information content (AvgIpc) is 3.38. The van der Waals surface area contributed by atoms with Gasteiger partial charge in [0.05, 0.1) is 9.79 Å². The molecule has 0 amide bonds. The van der Waals surface area contributed by atoms with Gasteiger partial charge in [-0.2, -0.15) is 4.31 Å². The summed E-state index contributed by atoms with van der Waals surface area (Å²) in [6.07, 6.45) is 4.12. The van der Waals surface area contributed by atoms with E-state index in [0.29, 0.717) is 6.54 Å². The van der Waals surface area contributed by atoms with Crippen molar-refractivity contribution in [2.75, 3.05) is 13.1 Å². The standard InChI is InChI=1S/C15H23N3O4S2/c16-11-13-4-1-2-9-18(13)24(21,22)15-6-3-5-14(10-15)23(19,20)17-12-7-8-12/h3,5-6,10,12-13,17H,1-2,4,7-9,11,16H2. The maximum absolute atomic E-state index is 12.9. The van der Waals surface area contributed by atoms with Crippen molar-refractivity contribution in [3.05, 3.63) is 24.3 Å². The fourth-order valence-electron chi connectivity index (χ4n) is 2.95. The fraction of sp³-hybridized carbons (Fsp3) is 0.600. The summed E-state index contributed by atoms with van der Waals surface area (Å²) < 4.78 is 54.5. The fourth-order valence-corrected chi connectivity index (χ4v) is 6.13. The van der Waals surface area contributed by atoms with E-state index in [9.17, 15) is 16.8 Å². The van der Waals surface area contributed by atoms with Crippen molar-refractivity contribution in [3.63, 3.8) is 0 Å². The number of nitrogens with one attached hydrogen (secondary N) is 1. The molecule has 1 saturated carbocycles. The van der Waals surface area contributed by atoms with Crippen molar-refractivity contribution in [1.82, 2.24) is 9.03 Å². The Kier molecular flexibility index (Phi) is 4.99. The van der Waals surface area contributed by atoms with Crippen molar-refractivity contribution >= 4 is 20.0 Å². The highest BCUT2D eigenvalue weighted by Gasteiger charge is 2.34. The highest BCUT2D eigenvalue weighted by atomic mass is 32.2. The SMILES string of the molecule is NCC1CCCCN1S(=O)(=O)c1cccc(S(=O)(=O)NC2CC2)c1. The first-order chi connectivity index (χ1) is 11.3. The molecule has 2 fully saturated rings. The quantitative estimate of drug-likeness (QED) is 0.760. The number of piperidine rings is 1. The predicted octanol–water partition coefficient (Wildman–Crippen LogP) is 0.629. The molecule has 1 aromatic carbocycles. The van der Waals surface area contributed by atoms with E-state index in [1.165, 1.54) is 28.6 Å². The number of hydrogen-bond donors (Lipinski definition) is 2. The van der Waals surface area contributed by atoms with E-state index in [4.69, 9.17) is 5.73 Å². The maximum atomic E-state index is 12.9. The summed E-state index contributed by atoms with van der Waals surface area (Å²) in [5.74, 6) is 0. The number of hydrogen-bond acceptors (Lipinski definition) is 5. The lowest BCUT2D eigenvalue weighted by Gasteiger charge is -2.33. The summed E-state index contributed by atoms with van der Waals surface area (Å²) in [6, 6.07) is 5.30. The molecule has 0 aromatic heterocycles. The van der Waals surface area contributed by atoms with E-state index >= 15 is 0 Å². The van der Waals surface area contributed by atoms with Gasteiger partial charge in [0.1, 0.15) is 0 Å². The van der Waals surface area contributed by atoms with E-state index < -0.39 is 20.0 Å². The Morgan fingerprint density at radius 2 is 1.79 bits per heavy atom. The van der Waals surface area contributed by atoms with Crippen LogP contribution in [0.15, 0.2) is 34.1 Å². The molecule has 24 heavy (non-hydrogen) atoms. The van der Waals surface area contributed by atoms with E-state index in [1.54, 1.807) is 0 Å². The first-order valence-corrected chi connectivity index (χ1v) is 11.1. The van der Waals surface area contributed by atoms with Gasteiger partial charge in [0, 0.05) is 25.2 Å². The zero-order chi connectivity index (χ0) is 17.4. The van der Waals surface area contributed by atoms with Crippen LogP contribution >= 0.6 is 0 Å². The highest BCUT2D eigenvalue weighted by molar-refractivity contribution is 7.90.